The number of hydrogen-bond donors (Lipinski definition) is 4. The fourth-order valence-electron chi connectivity index (χ4n) is 3.32. The summed E-state index contributed by atoms with van der Waals surface area (Å²) in [5.41, 5.74) is 9.71. The number of fused-ring (bicyclic) bond motifs is 3. The van der Waals surface area contributed by atoms with Crippen LogP contribution in [0.1, 0.15) is 0 Å². The first-order valence-corrected chi connectivity index (χ1v) is 7.98. The maximum absolute atomic E-state index is 9.76. The Morgan fingerprint density at radius 2 is 1.92 bits per heavy atom. The normalized spacial score (nSPS) is 12.8. The molecule has 0 bridgehead atoms. The predicted molar refractivity (Wildman–Crippen MR) is 97.3 cm³/mol. The van der Waals surface area contributed by atoms with Gasteiger partial charge in [0.1, 0.15) is 0 Å². The molecule has 6 nitrogen and oxygen atoms in total. The Kier molecular flexibility index (Phi) is 4.62. The van der Waals surface area contributed by atoms with Crippen LogP contribution in [0.15, 0.2) is 36.4 Å². The first kappa shape index (κ1) is 16.6. The summed E-state index contributed by atoms with van der Waals surface area (Å²) in [7, 11) is 1.88. The Balaban J connectivity index is 2.29. The second kappa shape index (κ2) is 6.68. The highest BCUT2D eigenvalue weighted by Gasteiger charge is 2.18. The number of nitrogens with zero attached hydrogens (tertiary/aromatic N) is 2. The minimum atomic E-state index is -0.812. The maximum Gasteiger partial charge on any atom is 0.0945 e. The van der Waals surface area contributed by atoms with Crippen LogP contribution in [0.25, 0.3) is 21.8 Å². The van der Waals surface area contributed by atoms with E-state index < -0.39 is 6.10 Å². The lowest BCUT2D eigenvalue weighted by molar-refractivity contribution is 0.101. The van der Waals surface area contributed by atoms with Gasteiger partial charge in [-0.2, -0.15) is 0 Å². The Hall–Kier alpha value is -2.28. The van der Waals surface area contributed by atoms with E-state index in [1.807, 2.05) is 52.9 Å². The minimum Gasteiger partial charge on any atom is -0.397 e. The average molecular weight is 329 g/mol. The topological polar surface area (TPSA) is 94.9 Å². The van der Waals surface area contributed by atoms with Gasteiger partial charge in [-0.25, -0.2) is 0 Å². The summed E-state index contributed by atoms with van der Waals surface area (Å²) in [5.74, 6) is 0. The fraction of sp³-hybridized carbons (Fsp3) is 0.333. The number of benzene rings is 2. The SMILES string of the molecule is CN(CC(O)CO)c1ccc(N)c2c1c1ccccc1n2CCO. The lowest BCUT2D eigenvalue weighted by Crippen LogP contribution is -2.31. The number of nitrogens with two attached hydrogens (primary N) is 1. The summed E-state index contributed by atoms with van der Waals surface area (Å²) in [6, 6.07) is 11.7. The molecular formula is C18H23N3O3. The number of aromatic nitrogens is 1. The standard InChI is InChI=1S/C18H23N3O3/c1-20(10-12(24)11-23)16-7-6-14(19)18-17(16)13-4-2-3-5-15(13)21(18)8-9-22/h2-7,12,22-24H,8-11,19H2,1H3. The van der Waals surface area contributed by atoms with Crippen LogP contribution in [0.2, 0.25) is 0 Å². The van der Waals surface area contributed by atoms with E-state index in [1.54, 1.807) is 0 Å². The average Bonchev–Trinajstić information content (AvgIpc) is 2.91. The molecule has 0 aliphatic heterocycles. The molecule has 1 heterocycles. The van der Waals surface area contributed by atoms with Gasteiger partial charge in [0.25, 0.3) is 0 Å². The van der Waals surface area contributed by atoms with Crippen LogP contribution in [-0.4, -0.2) is 52.8 Å². The molecule has 0 saturated carbocycles. The van der Waals surface area contributed by atoms with Gasteiger partial charge < -0.3 is 30.5 Å². The molecule has 6 heteroatoms. The van der Waals surface area contributed by atoms with E-state index in [1.165, 1.54) is 0 Å². The zero-order valence-electron chi connectivity index (χ0n) is 13.7. The largest absolute Gasteiger partial charge is 0.397 e. The van der Waals surface area contributed by atoms with Crippen LogP contribution in [0.3, 0.4) is 0 Å². The Labute approximate surface area is 140 Å². The fourth-order valence-corrected chi connectivity index (χ4v) is 3.32. The number of nitrogen functional groups attached to an aromatic ring is 1. The van der Waals surface area contributed by atoms with Gasteiger partial charge in [0, 0.05) is 42.1 Å². The zero-order valence-corrected chi connectivity index (χ0v) is 13.7. The van der Waals surface area contributed by atoms with Gasteiger partial charge >= 0.3 is 0 Å². The van der Waals surface area contributed by atoms with Gasteiger partial charge in [-0.3, -0.25) is 0 Å². The van der Waals surface area contributed by atoms with E-state index in [2.05, 4.69) is 0 Å². The first-order valence-electron chi connectivity index (χ1n) is 7.98. The van der Waals surface area contributed by atoms with Crippen molar-refractivity contribution in [3.63, 3.8) is 0 Å². The van der Waals surface area contributed by atoms with Gasteiger partial charge in [-0.15, -0.1) is 0 Å². The van der Waals surface area contributed by atoms with E-state index in [4.69, 9.17) is 10.8 Å². The molecule has 0 aliphatic rings. The number of aliphatic hydroxyl groups excluding tert-OH is 3. The van der Waals surface area contributed by atoms with Crippen LogP contribution in [0.4, 0.5) is 11.4 Å². The summed E-state index contributed by atoms with van der Waals surface area (Å²) in [6.45, 7) is 0.515. The molecule has 3 rings (SSSR count). The molecule has 1 aromatic heterocycles. The molecule has 1 unspecified atom stereocenters. The quantitative estimate of drug-likeness (QED) is 0.509. The number of aliphatic hydroxyl groups is 3. The van der Waals surface area contributed by atoms with Crippen LogP contribution in [0, 0.1) is 0 Å². The third-order valence-electron chi connectivity index (χ3n) is 4.35. The van der Waals surface area contributed by atoms with Gasteiger partial charge in [0.15, 0.2) is 0 Å². The van der Waals surface area contributed by atoms with E-state index in [0.717, 1.165) is 27.5 Å². The van der Waals surface area contributed by atoms with E-state index in [-0.39, 0.29) is 13.2 Å². The number of hydrogen-bond acceptors (Lipinski definition) is 5. The molecule has 5 N–H and O–H groups in total. The second-order valence-corrected chi connectivity index (χ2v) is 6.01. The lowest BCUT2D eigenvalue weighted by Gasteiger charge is -2.23. The van der Waals surface area contributed by atoms with Gasteiger partial charge in [-0.1, -0.05) is 18.2 Å². The van der Waals surface area contributed by atoms with Crippen molar-refractivity contribution >= 4 is 33.2 Å². The van der Waals surface area contributed by atoms with E-state index >= 15 is 0 Å². The molecule has 3 aromatic rings. The minimum absolute atomic E-state index is 0.0243. The van der Waals surface area contributed by atoms with Gasteiger partial charge in [0.05, 0.1) is 30.5 Å². The number of rotatable bonds is 6. The molecule has 0 spiro atoms. The zero-order chi connectivity index (χ0) is 17.3. The van der Waals surface area contributed by atoms with Crippen molar-refractivity contribution in [3.05, 3.63) is 36.4 Å². The summed E-state index contributed by atoms with van der Waals surface area (Å²) < 4.78 is 2.03. The van der Waals surface area contributed by atoms with Crippen molar-refractivity contribution in [2.75, 3.05) is 37.4 Å². The third kappa shape index (κ3) is 2.69. The molecule has 1 atom stereocenters. The third-order valence-corrected chi connectivity index (χ3v) is 4.35. The molecular weight excluding hydrogens is 306 g/mol. The van der Waals surface area contributed by atoms with Crippen molar-refractivity contribution in [3.8, 4) is 0 Å². The molecule has 0 radical (unpaired) electrons. The Bertz CT molecular complexity index is 859. The highest BCUT2D eigenvalue weighted by Crippen LogP contribution is 2.38. The number of anilines is 2. The highest BCUT2D eigenvalue weighted by atomic mass is 16.3. The summed E-state index contributed by atoms with van der Waals surface area (Å²) in [5, 5.41) is 30.4. The second-order valence-electron chi connectivity index (χ2n) is 6.01. The van der Waals surface area contributed by atoms with Gasteiger partial charge in [0.2, 0.25) is 0 Å². The van der Waals surface area contributed by atoms with E-state index in [9.17, 15) is 10.2 Å². The summed E-state index contributed by atoms with van der Waals surface area (Å²) in [4.78, 5) is 1.92. The van der Waals surface area contributed by atoms with Crippen LogP contribution in [-0.2, 0) is 6.54 Å². The number of likely N-dealkylation sites (N-methyl/N-ethyl adjacent to an activating group) is 1. The van der Waals surface area contributed by atoms with Crippen molar-refractivity contribution in [2.24, 2.45) is 0 Å². The molecule has 24 heavy (non-hydrogen) atoms. The van der Waals surface area contributed by atoms with Gasteiger partial charge in [-0.05, 0) is 18.2 Å². The summed E-state index contributed by atoms with van der Waals surface area (Å²) >= 11 is 0. The smallest absolute Gasteiger partial charge is 0.0945 e. The van der Waals surface area contributed by atoms with Crippen molar-refractivity contribution in [1.82, 2.24) is 4.57 Å². The highest BCUT2D eigenvalue weighted by molar-refractivity contribution is 6.17. The molecule has 0 saturated heterocycles. The predicted octanol–water partition coefficient (Wildman–Crippen LogP) is 1.16. The molecule has 2 aromatic carbocycles. The summed E-state index contributed by atoms with van der Waals surface area (Å²) in [6.07, 6.45) is -0.812. The number of para-hydroxylation sites is 1. The first-order chi connectivity index (χ1) is 11.6. The molecule has 0 aliphatic carbocycles. The van der Waals surface area contributed by atoms with Crippen LogP contribution in [0.5, 0.6) is 0 Å². The van der Waals surface area contributed by atoms with Crippen LogP contribution < -0.4 is 10.6 Å². The van der Waals surface area contributed by atoms with E-state index in [0.29, 0.717) is 18.8 Å². The van der Waals surface area contributed by atoms with Crippen molar-refractivity contribution in [2.45, 2.75) is 12.6 Å². The lowest BCUT2D eigenvalue weighted by atomic mass is 10.1. The monoisotopic (exact) mass is 329 g/mol. The maximum atomic E-state index is 9.76. The van der Waals surface area contributed by atoms with Crippen molar-refractivity contribution in [1.29, 1.82) is 0 Å². The van der Waals surface area contributed by atoms with Crippen LogP contribution >= 0.6 is 0 Å². The van der Waals surface area contributed by atoms with Crippen molar-refractivity contribution < 1.29 is 15.3 Å². The molecule has 128 valence electrons. The molecule has 0 amide bonds. The Morgan fingerprint density at radius 3 is 2.62 bits per heavy atom. The molecule has 0 fully saturated rings. The Morgan fingerprint density at radius 1 is 1.17 bits per heavy atom.